The predicted molar refractivity (Wildman–Crippen MR) is 60.9 cm³/mol. The van der Waals surface area contributed by atoms with E-state index >= 15 is 0 Å². The molecule has 0 atom stereocenters. The van der Waals surface area contributed by atoms with Gasteiger partial charge in [0.15, 0.2) is 0 Å². The van der Waals surface area contributed by atoms with Gasteiger partial charge >= 0.3 is 0 Å². The zero-order valence-corrected chi connectivity index (χ0v) is 9.83. The lowest BCUT2D eigenvalue weighted by Crippen LogP contribution is -2.12. The first-order chi connectivity index (χ1) is 7.19. The van der Waals surface area contributed by atoms with Crippen molar-refractivity contribution in [3.05, 3.63) is 29.3 Å². The van der Waals surface area contributed by atoms with Crippen LogP contribution in [0.4, 0.5) is 0 Å². The van der Waals surface area contributed by atoms with Gasteiger partial charge in [0, 0.05) is 12.1 Å². The Labute approximate surface area is 91.4 Å². The second kappa shape index (κ2) is 5.73. The highest BCUT2D eigenvalue weighted by Gasteiger charge is 2.06. The standard InChI is InChI=1S/C12H19NO2/c1-9(2)10-5-6-12(14-3)11(7-10)8-13-15-4/h5-7,9,13H,8H2,1-4H3. The molecule has 15 heavy (non-hydrogen) atoms. The van der Waals surface area contributed by atoms with Gasteiger partial charge < -0.3 is 9.57 Å². The van der Waals surface area contributed by atoms with Crippen LogP contribution >= 0.6 is 0 Å². The van der Waals surface area contributed by atoms with Crippen LogP contribution in [0.2, 0.25) is 0 Å². The summed E-state index contributed by atoms with van der Waals surface area (Å²) in [6, 6.07) is 6.25. The van der Waals surface area contributed by atoms with Gasteiger partial charge in [0.1, 0.15) is 5.75 Å². The van der Waals surface area contributed by atoms with Crippen molar-refractivity contribution < 1.29 is 9.57 Å². The van der Waals surface area contributed by atoms with Crippen LogP contribution in [0.3, 0.4) is 0 Å². The van der Waals surface area contributed by atoms with Crippen molar-refractivity contribution in [2.24, 2.45) is 0 Å². The molecule has 0 unspecified atom stereocenters. The highest BCUT2D eigenvalue weighted by molar-refractivity contribution is 5.38. The van der Waals surface area contributed by atoms with Gasteiger partial charge in [-0.3, -0.25) is 0 Å². The summed E-state index contributed by atoms with van der Waals surface area (Å²) >= 11 is 0. The molecule has 3 heteroatoms. The molecule has 1 aromatic carbocycles. The molecule has 0 fully saturated rings. The largest absolute Gasteiger partial charge is 0.496 e. The van der Waals surface area contributed by atoms with Crippen LogP contribution in [-0.4, -0.2) is 14.2 Å². The number of ether oxygens (including phenoxy) is 1. The SMILES string of the molecule is CONCc1cc(C(C)C)ccc1OC. The first-order valence-corrected chi connectivity index (χ1v) is 5.11. The van der Waals surface area contributed by atoms with Crippen molar-refractivity contribution in [3.63, 3.8) is 0 Å². The molecule has 84 valence electrons. The van der Waals surface area contributed by atoms with Crippen molar-refractivity contribution in [2.45, 2.75) is 26.3 Å². The monoisotopic (exact) mass is 209 g/mol. The number of hydrogen-bond acceptors (Lipinski definition) is 3. The average molecular weight is 209 g/mol. The maximum atomic E-state index is 5.28. The summed E-state index contributed by atoms with van der Waals surface area (Å²) in [5.41, 5.74) is 5.25. The third kappa shape index (κ3) is 3.22. The van der Waals surface area contributed by atoms with Crippen molar-refractivity contribution in [1.29, 1.82) is 0 Å². The lowest BCUT2D eigenvalue weighted by atomic mass is 10.0. The number of nitrogens with one attached hydrogen (secondary N) is 1. The van der Waals surface area contributed by atoms with E-state index in [1.165, 1.54) is 5.56 Å². The number of benzene rings is 1. The molecule has 3 nitrogen and oxygen atoms in total. The Bertz CT molecular complexity index is 310. The minimum atomic E-state index is 0.525. The number of hydroxylamine groups is 1. The molecule has 0 bridgehead atoms. The van der Waals surface area contributed by atoms with E-state index in [0.29, 0.717) is 12.5 Å². The molecule has 1 aromatic rings. The van der Waals surface area contributed by atoms with E-state index in [0.717, 1.165) is 11.3 Å². The Hall–Kier alpha value is -1.06. The maximum Gasteiger partial charge on any atom is 0.123 e. The van der Waals surface area contributed by atoms with E-state index in [2.05, 4.69) is 31.5 Å². The summed E-state index contributed by atoms with van der Waals surface area (Å²) < 4.78 is 5.28. The number of hydrogen-bond donors (Lipinski definition) is 1. The third-order valence-corrected chi connectivity index (χ3v) is 2.38. The van der Waals surface area contributed by atoms with Gasteiger partial charge in [-0.05, 0) is 17.5 Å². The van der Waals surface area contributed by atoms with Gasteiger partial charge in [0.05, 0.1) is 14.2 Å². The summed E-state index contributed by atoms with van der Waals surface area (Å²) in [6.45, 7) is 5.00. The van der Waals surface area contributed by atoms with Crippen LogP contribution in [-0.2, 0) is 11.4 Å². The molecule has 0 aromatic heterocycles. The van der Waals surface area contributed by atoms with Gasteiger partial charge in [-0.25, -0.2) is 0 Å². The molecule has 0 radical (unpaired) electrons. The zero-order chi connectivity index (χ0) is 11.3. The average Bonchev–Trinajstić information content (AvgIpc) is 2.25. The van der Waals surface area contributed by atoms with Gasteiger partial charge in [0.2, 0.25) is 0 Å². The summed E-state index contributed by atoms with van der Waals surface area (Å²) in [7, 11) is 3.29. The molecular weight excluding hydrogens is 190 g/mol. The Kier molecular flexibility index (Phi) is 4.59. The van der Waals surface area contributed by atoms with E-state index in [1.807, 2.05) is 6.07 Å². The van der Waals surface area contributed by atoms with Crippen molar-refractivity contribution >= 4 is 0 Å². The van der Waals surface area contributed by atoms with Gasteiger partial charge in [0.25, 0.3) is 0 Å². The fourth-order valence-electron chi connectivity index (χ4n) is 1.45. The topological polar surface area (TPSA) is 30.5 Å². The Balaban J connectivity index is 2.91. The first-order valence-electron chi connectivity index (χ1n) is 5.11. The molecule has 0 saturated heterocycles. The fourth-order valence-corrected chi connectivity index (χ4v) is 1.45. The van der Waals surface area contributed by atoms with Crippen LogP contribution < -0.4 is 10.2 Å². The van der Waals surface area contributed by atoms with Crippen molar-refractivity contribution in [1.82, 2.24) is 5.48 Å². The zero-order valence-electron chi connectivity index (χ0n) is 9.83. The van der Waals surface area contributed by atoms with Crippen LogP contribution in [0.25, 0.3) is 0 Å². The molecule has 0 amide bonds. The minimum absolute atomic E-state index is 0.525. The third-order valence-electron chi connectivity index (χ3n) is 2.38. The minimum Gasteiger partial charge on any atom is -0.496 e. The van der Waals surface area contributed by atoms with Gasteiger partial charge in [-0.15, -0.1) is 0 Å². The highest BCUT2D eigenvalue weighted by atomic mass is 16.6. The summed E-state index contributed by atoms with van der Waals surface area (Å²) in [6.07, 6.45) is 0. The smallest absolute Gasteiger partial charge is 0.123 e. The fraction of sp³-hybridized carbons (Fsp3) is 0.500. The number of methoxy groups -OCH3 is 1. The van der Waals surface area contributed by atoms with Crippen molar-refractivity contribution in [2.75, 3.05) is 14.2 Å². The Morgan fingerprint density at radius 1 is 1.27 bits per heavy atom. The molecule has 0 aliphatic rings. The second-order valence-electron chi connectivity index (χ2n) is 3.75. The molecule has 0 spiro atoms. The molecule has 0 saturated carbocycles. The predicted octanol–water partition coefficient (Wildman–Crippen LogP) is 2.47. The molecule has 0 heterocycles. The van der Waals surface area contributed by atoms with E-state index in [4.69, 9.17) is 9.57 Å². The van der Waals surface area contributed by atoms with E-state index in [9.17, 15) is 0 Å². The van der Waals surface area contributed by atoms with E-state index in [-0.39, 0.29) is 0 Å². The molecule has 1 N–H and O–H groups in total. The van der Waals surface area contributed by atoms with Gasteiger partial charge in [-0.1, -0.05) is 26.0 Å². The van der Waals surface area contributed by atoms with Crippen LogP contribution in [0.1, 0.15) is 30.9 Å². The lowest BCUT2D eigenvalue weighted by Gasteiger charge is -2.12. The summed E-state index contributed by atoms with van der Waals surface area (Å²) in [4.78, 5) is 4.84. The maximum absolute atomic E-state index is 5.28. The quantitative estimate of drug-likeness (QED) is 0.756. The lowest BCUT2D eigenvalue weighted by molar-refractivity contribution is 0.0861. The van der Waals surface area contributed by atoms with E-state index < -0.39 is 0 Å². The second-order valence-corrected chi connectivity index (χ2v) is 3.75. The van der Waals surface area contributed by atoms with Crippen LogP contribution in [0.15, 0.2) is 18.2 Å². The molecule has 1 rings (SSSR count). The van der Waals surface area contributed by atoms with E-state index in [1.54, 1.807) is 14.2 Å². The molecule has 0 aliphatic carbocycles. The molecule has 0 aliphatic heterocycles. The Morgan fingerprint density at radius 2 is 2.00 bits per heavy atom. The summed E-state index contributed by atoms with van der Waals surface area (Å²) in [5, 5.41) is 0. The van der Waals surface area contributed by atoms with Gasteiger partial charge in [-0.2, -0.15) is 5.48 Å². The van der Waals surface area contributed by atoms with Crippen LogP contribution in [0.5, 0.6) is 5.75 Å². The highest BCUT2D eigenvalue weighted by Crippen LogP contribution is 2.23. The Morgan fingerprint density at radius 3 is 2.53 bits per heavy atom. The first kappa shape index (κ1) is 12.0. The summed E-state index contributed by atoms with van der Waals surface area (Å²) in [5.74, 6) is 1.42. The van der Waals surface area contributed by atoms with Crippen LogP contribution in [0, 0.1) is 0 Å². The normalized spacial score (nSPS) is 10.7. The van der Waals surface area contributed by atoms with Crippen molar-refractivity contribution in [3.8, 4) is 5.75 Å². The molecular formula is C12H19NO2. The number of rotatable bonds is 5.